The van der Waals surface area contributed by atoms with Crippen LogP contribution in [0.15, 0.2) is 40.9 Å². The number of anilines is 3. The molecule has 1 aromatic carbocycles. The van der Waals surface area contributed by atoms with Crippen LogP contribution >= 0.6 is 15.9 Å². The number of aromatic nitrogens is 2. The molecule has 2 aromatic rings. The van der Waals surface area contributed by atoms with Crippen LogP contribution < -0.4 is 10.6 Å². The predicted molar refractivity (Wildman–Crippen MR) is 87.5 cm³/mol. The second-order valence-electron chi connectivity index (χ2n) is 5.09. The molecular weight excluding hydrogens is 332 g/mol. The maximum atomic E-state index is 11.6. The molecule has 0 aliphatic heterocycles. The molecule has 0 fully saturated rings. The lowest BCUT2D eigenvalue weighted by atomic mass is 10.1. The number of nitrogens with one attached hydrogen (secondary N) is 2. The highest BCUT2D eigenvalue weighted by atomic mass is 79.9. The van der Waals surface area contributed by atoms with Gasteiger partial charge in [0.05, 0.1) is 0 Å². The average Bonchev–Trinajstić information content (AvgIpc) is 2.40. The fraction of sp³-hybridized carbons (Fsp3) is 0.267. The number of hydrogen-bond donors (Lipinski definition) is 2. The van der Waals surface area contributed by atoms with Gasteiger partial charge in [-0.3, -0.25) is 4.79 Å². The van der Waals surface area contributed by atoms with Crippen molar-refractivity contribution in [3.8, 4) is 0 Å². The van der Waals surface area contributed by atoms with Crippen molar-refractivity contribution < 1.29 is 4.79 Å². The van der Waals surface area contributed by atoms with Crippen LogP contribution in [0.1, 0.15) is 20.3 Å². The van der Waals surface area contributed by atoms with Gasteiger partial charge in [0.1, 0.15) is 0 Å². The van der Waals surface area contributed by atoms with E-state index in [2.05, 4.69) is 36.8 Å². The SMILES string of the molecule is CC(C)CC(=O)Nc1ccc(Nc2cccc(Br)c2)nn1. The van der Waals surface area contributed by atoms with E-state index >= 15 is 0 Å². The molecule has 1 aromatic heterocycles. The van der Waals surface area contributed by atoms with Crippen molar-refractivity contribution in [2.24, 2.45) is 5.92 Å². The molecule has 2 N–H and O–H groups in total. The van der Waals surface area contributed by atoms with Crippen molar-refractivity contribution >= 4 is 39.2 Å². The fourth-order valence-electron chi connectivity index (χ4n) is 1.74. The van der Waals surface area contributed by atoms with E-state index in [1.807, 2.05) is 38.1 Å². The lowest BCUT2D eigenvalue weighted by Gasteiger charge is -2.08. The second kappa shape index (κ2) is 7.17. The summed E-state index contributed by atoms with van der Waals surface area (Å²) in [7, 11) is 0. The third-order valence-electron chi connectivity index (χ3n) is 2.62. The zero-order chi connectivity index (χ0) is 15.2. The molecule has 0 bridgehead atoms. The Hall–Kier alpha value is -1.95. The van der Waals surface area contributed by atoms with Gasteiger partial charge in [-0.05, 0) is 36.2 Å². The Bertz CT molecular complexity index is 613. The molecule has 0 aliphatic rings. The van der Waals surface area contributed by atoms with E-state index < -0.39 is 0 Å². The topological polar surface area (TPSA) is 66.9 Å². The minimum atomic E-state index is -0.0491. The Morgan fingerprint density at radius 1 is 1.19 bits per heavy atom. The molecule has 1 amide bonds. The van der Waals surface area contributed by atoms with Crippen LogP contribution in [-0.2, 0) is 4.79 Å². The van der Waals surface area contributed by atoms with Gasteiger partial charge in [-0.1, -0.05) is 35.8 Å². The number of hydrogen-bond acceptors (Lipinski definition) is 4. The van der Waals surface area contributed by atoms with E-state index in [0.717, 1.165) is 10.2 Å². The highest BCUT2D eigenvalue weighted by Crippen LogP contribution is 2.19. The van der Waals surface area contributed by atoms with Crippen molar-refractivity contribution in [1.29, 1.82) is 0 Å². The van der Waals surface area contributed by atoms with Crippen molar-refractivity contribution in [2.75, 3.05) is 10.6 Å². The van der Waals surface area contributed by atoms with E-state index in [0.29, 0.717) is 24.0 Å². The Labute approximate surface area is 132 Å². The highest BCUT2D eigenvalue weighted by molar-refractivity contribution is 9.10. The average molecular weight is 349 g/mol. The summed E-state index contributed by atoms with van der Waals surface area (Å²) < 4.78 is 0.984. The largest absolute Gasteiger partial charge is 0.339 e. The standard InChI is InChI=1S/C15H17BrN4O/c1-10(2)8-15(21)18-14-7-6-13(19-20-14)17-12-5-3-4-11(16)9-12/h3-7,9-10H,8H2,1-2H3,(H,17,19)(H,18,20,21). The number of carbonyl (C=O) groups excluding carboxylic acids is 1. The summed E-state index contributed by atoms with van der Waals surface area (Å²) in [6, 6.07) is 11.3. The maximum Gasteiger partial charge on any atom is 0.225 e. The summed E-state index contributed by atoms with van der Waals surface area (Å²) in [4.78, 5) is 11.6. The van der Waals surface area contributed by atoms with Gasteiger partial charge in [-0.2, -0.15) is 0 Å². The normalized spacial score (nSPS) is 10.5. The number of rotatable bonds is 5. The van der Waals surface area contributed by atoms with E-state index in [9.17, 15) is 4.79 Å². The zero-order valence-electron chi connectivity index (χ0n) is 11.9. The molecule has 0 radical (unpaired) electrons. The first-order valence-corrected chi connectivity index (χ1v) is 7.48. The van der Waals surface area contributed by atoms with Gasteiger partial charge < -0.3 is 10.6 Å². The number of halogens is 1. The molecule has 110 valence electrons. The van der Waals surface area contributed by atoms with Gasteiger partial charge in [-0.15, -0.1) is 10.2 Å². The third-order valence-corrected chi connectivity index (χ3v) is 3.12. The lowest BCUT2D eigenvalue weighted by molar-refractivity contribution is -0.116. The first-order valence-electron chi connectivity index (χ1n) is 6.69. The molecule has 0 spiro atoms. The summed E-state index contributed by atoms with van der Waals surface area (Å²) in [5, 5.41) is 13.9. The Morgan fingerprint density at radius 2 is 1.90 bits per heavy atom. The van der Waals surface area contributed by atoms with E-state index in [1.165, 1.54) is 0 Å². The van der Waals surface area contributed by atoms with Crippen LogP contribution in [0.4, 0.5) is 17.3 Å². The molecule has 0 unspecified atom stereocenters. The van der Waals surface area contributed by atoms with Crippen LogP contribution in [0.3, 0.4) is 0 Å². The Balaban J connectivity index is 1.97. The van der Waals surface area contributed by atoms with Crippen LogP contribution in [0.2, 0.25) is 0 Å². The molecule has 2 rings (SSSR count). The Kier molecular flexibility index (Phi) is 5.27. The maximum absolute atomic E-state index is 11.6. The number of amides is 1. The zero-order valence-corrected chi connectivity index (χ0v) is 13.5. The second-order valence-corrected chi connectivity index (χ2v) is 6.00. The van der Waals surface area contributed by atoms with Crippen molar-refractivity contribution in [2.45, 2.75) is 20.3 Å². The fourth-order valence-corrected chi connectivity index (χ4v) is 2.14. The van der Waals surface area contributed by atoms with Crippen LogP contribution in [0, 0.1) is 5.92 Å². The molecule has 0 atom stereocenters. The number of nitrogens with zero attached hydrogens (tertiary/aromatic N) is 2. The molecular formula is C15H17BrN4O. The van der Waals surface area contributed by atoms with Gasteiger partial charge in [0.15, 0.2) is 11.6 Å². The van der Waals surface area contributed by atoms with Gasteiger partial charge in [0.2, 0.25) is 5.91 Å². The quantitative estimate of drug-likeness (QED) is 0.857. The molecule has 21 heavy (non-hydrogen) atoms. The van der Waals surface area contributed by atoms with Crippen molar-refractivity contribution in [1.82, 2.24) is 10.2 Å². The molecule has 0 saturated carbocycles. The summed E-state index contributed by atoms with van der Waals surface area (Å²) in [5.41, 5.74) is 0.912. The monoisotopic (exact) mass is 348 g/mol. The summed E-state index contributed by atoms with van der Waals surface area (Å²) in [5.74, 6) is 1.35. The number of benzene rings is 1. The van der Waals surface area contributed by atoms with Gasteiger partial charge in [0, 0.05) is 16.6 Å². The van der Waals surface area contributed by atoms with Gasteiger partial charge >= 0.3 is 0 Å². The molecule has 0 aliphatic carbocycles. The van der Waals surface area contributed by atoms with E-state index in [-0.39, 0.29) is 5.91 Å². The molecule has 5 nitrogen and oxygen atoms in total. The molecule has 6 heteroatoms. The smallest absolute Gasteiger partial charge is 0.225 e. The van der Waals surface area contributed by atoms with E-state index in [4.69, 9.17) is 0 Å². The highest BCUT2D eigenvalue weighted by Gasteiger charge is 2.06. The first kappa shape index (κ1) is 15.4. The Morgan fingerprint density at radius 3 is 2.52 bits per heavy atom. The van der Waals surface area contributed by atoms with Crippen LogP contribution in [-0.4, -0.2) is 16.1 Å². The minimum Gasteiger partial charge on any atom is -0.339 e. The predicted octanol–water partition coefficient (Wildman–Crippen LogP) is 3.97. The third kappa shape index (κ3) is 5.15. The molecule has 1 heterocycles. The van der Waals surface area contributed by atoms with Crippen LogP contribution in [0.5, 0.6) is 0 Å². The van der Waals surface area contributed by atoms with Crippen molar-refractivity contribution in [3.63, 3.8) is 0 Å². The lowest BCUT2D eigenvalue weighted by Crippen LogP contribution is -2.15. The summed E-state index contributed by atoms with van der Waals surface area (Å²) >= 11 is 3.41. The first-order chi connectivity index (χ1) is 10.0. The van der Waals surface area contributed by atoms with Gasteiger partial charge in [0.25, 0.3) is 0 Å². The summed E-state index contributed by atoms with van der Waals surface area (Å²) in [6.07, 6.45) is 0.472. The minimum absolute atomic E-state index is 0.0491. The summed E-state index contributed by atoms with van der Waals surface area (Å²) in [6.45, 7) is 3.99. The molecule has 0 saturated heterocycles. The van der Waals surface area contributed by atoms with Gasteiger partial charge in [-0.25, -0.2) is 0 Å². The van der Waals surface area contributed by atoms with Crippen molar-refractivity contribution in [3.05, 3.63) is 40.9 Å². The van der Waals surface area contributed by atoms with E-state index in [1.54, 1.807) is 12.1 Å². The number of carbonyl (C=O) groups is 1. The van der Waals surface area contributed by atoms with Crippen LogP contribution in [0.25, 0.3) is 0 Å².